The van der Waals surface area contributed by atoms with E-state index < -0.39 is 0 Å². The zero-order valence-corrected chi connectivity index (χ0v) is 10.00. The number of hydrogen-bond donors (Lipinski definition) is 0. The lowest BCUT2D eigenvalue weighted by Crippen LogP contribution is -1.93. The van der Waals surface area contributed by atoms with Crippen molar-refractivity contribution in [2.75, 3.05) is 0 Å². The summed E-state index contributed by atoms with van der Waals surface area (Å²) in [5.74, 6) is 0.867. The van der Waals surface area contributed by atoms with Gasteiger partial charge < -0.3 is 0 Å². The number of carbonyl (C=O) groups excluding carboxylic acids is 1. The molecule has 0 aliphatic carbocycles. The third-order valence-electron chi connectivity index (χ3n) is 3.12. The molecule has 0 spiro atoms. The first-order valence-corrected chi connectivity index (χ1v) is 5.78. The Kier molecular flexibility index (Phi) is 2.45. The fourth-order valence-corrected chi connectivity index (χ4v) is 2.17. The molecule has 2 heterocycles. The van der Waals surface area contributed by atoms with Crippen LogP contribution in [0.25, 0.3) is 16.9 Å². The van der Waals surface area contributed by atoms with E-state index in [-0.39, 0.29) is 0 Å². The minimum atomic E-state index is 0.657. The van der Waals surface area contributed by atoms with Crippen LogP contribution in [0.4, 0.5) is 0 Å². The molecule has 0 aliphatic heterocycles. The monoisotopic (exact) mass is 236 g/mol. The molecule has 0 fully saturated rings. The summed E-state index contributed by atoms with van der Waals surface area (Å²) in [4.78, 5) is 15.4. The van der Waals surface area contributed by atoms with Gasteiger partial charge >= 0.3 is 0 Å². The first kappa shape index (κ1) is 10.7. The van der Waals surface area contributed by atoms with Crippen LogP contribution in [0.2, 0.25) is 0 Å². The zero-order chi connectivity index (χ0) is 12.5. The standard InChI is InChI=1S/C15H12N2O/c1-11-5-2-3-7-13(11)15-16-9-14-12(10-18)6-4-8-17(14)15/h2-10H,1H3. The Morgan fingerprint density at radius 3 is 2.78 bits per heavy atom. The van der Waals surface area contributed by atoms with Crippen molar-refractivity contribution in [3.63, 3.8) is 0 Å². The second-order valence-electron chi connectivity index (χ2n) is 4.23. The van der Waals surface area contributed by atoms with Crippen LogP contribution >= 0.6 is 0 Å². The summed E-state index contributed by atoms with van der Waals surface area (Å²) in [5, 5.41) is 0. The molecule has 0 radical (unpaired) electrons. The summed E-state index contributed by atoms with van der Waals surface area (Å²) in [6, 6.07) is 11.8. The van der Waals surface area contributed by atoms with Crippen LogP contribution in [0, 0.1) is 6.92 Å². The third-order valence-corrected chi connectivity index (χ3v) is 3.12. The lowest BCUT2D eigenvalue weighted by atomic mass is 10.1. The quantitative estimate of drug-likeness (QED) is 0.641. The van der Waals surface area contributed by atoms with E-state index in [2.05, 4.69) is 18.0 Å². The smallest absolute Gasteiger partial charge is 0.152 e. The molecule has 0 unspecified atom stereocenters. The van der Waals surface area contributed by atoms with E-state index in [1.807, 2.05) is 34.9 Å². The molecule has 0 saturated heterocycles. The van der Waals surface area contributed by atoms with Crippen molar-refractivity contribution in [3.05, 3.63) is 59.9 Å². The highest BCUT2D eigenvalue weighted by Crippen LogP contribution is 2.23. The largest absolute Gasteiger partial charge is 0.299 e. The van der Waals surface area contributed by atoms with Crippen molar-refractivity contribution < 1.29 is 4.79 Å². The average Bonchev–Trinajstić information content (AvgIpc) is 2.83. The number of fused-ring (bicyclic) bond motifs is 1. The minimum absolute atomic E-state index is 0.657. The number of aldehydes is 1. The Labute approximate surface area is 105 Å². The molecule has 0 bridgehead atoms. The van der Waals surface area contributed by atoms with Gasteiger partial charge in [-0.25, -0.2) is 4.98 Å². The fourth-order valence-electron chi connectivity index (χ4n) is 2.17. The maximum atomic E-state index is 11.0. The molecule has 1 aromatic carbocycles. The van der Waals surface area contributed by atoms with Crippen molar-refractivity contribution in [2.45, 2.75) is 6.92 Å². The summed E-state index contributed by atoms with van der Waals surface area (Å²) < 4.78 is 1.95. The number of benzene rings is 1. The molecular formula is C15H12N2O. The van der Waals surface area contributed by atoms with E-state index in [0.29, 0.717) is 5.56 Å². The number of nitrogens with zero attached hydrogens (tertiary/aromatic N) is 2. The molecule has 88 valence electrons. The van der Waals surface area contributed by atoms with Gasteiger partial charge in [-0.15, -0.1) is 0 Å². The van der Waals surface area contributed by atoms with Crippen molar-refractivity contribution in [1.82, 2.24) is 9.38 Å². The van der Waals surface area contributed by atoms with Crippen LogP contribution in [0.3, 0.4) is 0 Å². The molecule has 0 N–H and O–H groups in total. The Bertz CT molecular complexity index is 728. The number of imidazole rings is 1. The number of carbonyl (C=O) groups is 1. The second-order valence-corrected chi connectivity index (χ2v) is 4.23. The normalized spacial score (nSPS) is 10.7. The van der Waals surface area contributed by atoms with E-state index in [1.165, 1.54) is 5.56 Å². The minimum Gasteiger partial charge on any atom is -0.299 e. The molecule has 3 rings (SSSR count). The summed E-state index contributed by atoms with van der Waals surface area (Å²) in [6.45, 7) is 2.06. The van der Waals surface area contributed by atoms with Gasteiger partial charge in [0, 0.05) is 17.3 Å². The van der Waals surface area contributed by atoms with Gasteiger partial charge in [0.1, 0.15) is 5.82 Å². The summed E-state index contributed by atoms with van der Waals surface area (Å²) in [6.07, 6.45) is 4.53. The van der Waals surface area contributed by atoms with Crippen LogP contribution in [0.1, 0.15) is 15.9 Å². The molecular weight excluding hydrogens is 224 g/mol. The van der Waals surface area contributed by atoms with E-state index >= 15 is 0 Å². The summed E-state index contributed by atoms with van der Waals surface area (Å²) in [5.41, 5.74) is 3.75. The number of rotatable bonds is 2. The van der Waals surface area contributed by atoms with E-state index in [0.717, 1.165) is 23.2 Å². The van der Waals surface area contributed by atoms with Gasteiger partial charge in [-0.1, -0.05) is 24.3 Å². The maximum Gasteiger partial charge on any atom is 0.152 e. The fraction of sp³-hybridized carbons (Fsp3) is 0.0667. The van der Waals surface area contributed by atoms with Gasteiger partial charge in [-0.2, -0.15) is 0 Å². The molecule has 3 aromatic rings. The zero-order valence-electron chi connectivity index (χ0n) is 10.00. The summed E-state index contributed by atoms with van der Waals surface area (Å²) in [7, 11) is 0. The van der Waals surface area contributed by atoms with Gasteiger partial charge in [0.25, 0.3) is 0 Å². The highest BCUT2D eigenvalue weighted by atomic mass is 16.1. The van der Waals surface area contributed by atoms with E-state index in [9.17, 15) is 4.79 Å². The van der Waals surface area contributed by atoms with Gasteiger partial charge in [0.05, 0.1) is 11.7 Å². The molecule has 2 aromatic heterocycles. The van der Waals surface area contributed by atoms with Crippen molar-refractivity contribution in [2.24, 2.45) is 0 Å². The van der Waals surface area contributed by atoms with Crippen LogP contribution in [0.5, 0.6) is 0 Å². The van der Waals surface area contributed by atoms with Crippen LogP contribution in [0.15, 0.2) is 48.8 Å². The third kappa shape index (κ3) is 1.52. The predicted octanol–water partition coefficient (Wildman–Crippen LogP) is 3.12. The highest BCUT2D eigenvalue weighted by molar-refractivity contribution is 5.86. The first-order valence-electron chi connectivity index (χ1n) is 5.78. The summed E-state index contributed by atoms with van der Waals surface area (Å²) >= 11 is 0. The molecule has 0 saturated carbocycles. The van der Waals surface area contributed by atoms with Gasteiger partial charge in [0.2, 0.25) is 0 Å². The number of aryl methyl sites for hydroxylation is 1. The number of pyridine rings is 1. The Hall–Kier alpha value is -2.42. The van der Waals surface area contributed by atoms with Crippen LogP contribution in [-0.4, -0.2) is 15.7 Å². The Balaban J connectivity index is 2.32. The van der Waals surface area contributed by atoms with E-state index in [1.54, 1.807) is 12.3 Å². The topological polar surface area (TPSA) is 34.4 Å². The number of hydrogen-bond acceptors (Lipinski definition) is 2. The first-order chi connectivity index (χ1) is 8.81. The molecule has 3 nitrogen and oxygen atoms in total. The SMILES string of the molecule is Cc1ccccc1-c1ncc2c(C=O)cccn12. The highest BCUT2D eigenvalue weighted by Gasteiger charge is 2.10. The van der Waals surface area contributed by atoms with E-state index in [4.69, 9.17) is 0 Å². The Morgan fingerprint density at radius 2 is 2.00 bits per heavy atom. The Morgan fingerprint density at radius 1 is 1.17 bits per heavy atom. The molecule has 18 heavy (non-hydrogen) atoms. The van der Waals surface area contributed by atoms with Crippen molar-refractivity contribution in [3.8, 4) is 11.4 Å². The van der Waals surface area contributed by atoms with Crippen LogP contribution < -0.4 is 0 Å². The van der Waals surface area contributed by atoms with Crippen molar-refractivity contribution >= 4 is 11.8 Å². The molecule has 3 heteroatoms. The van der Waals surface area contributed by atoms with Gasteiger partial charge in [-0.3, -0.25) is 9.20 Å². The van der Waals surface area contributed by atoms with Crippen LogP contribution in [-0.2, 0) is 0 Å². The van der Waals surface area contributed by atoms with Crippen molar-refractivity contribution in [1.29, 1.82) is 0 Å². The number of aromatic nitrogens is 2. The van der Waals surface area contributed by atoms with Gasteiger partial charge in [-0.05, 0) is 24.6 Å². The molecule has 0 atom stereocenters. The maximum absolute atomic E-state index is 11.0. The average molecular weight is 236 g/mol. The lowest BCUT2D eigenvalue weighted by Gasteiger charge is -2.05. The second kappa shape index (κ2) is 4.11. The molecule has 0 amide bonds. The van der Waals surface area contributed by atoms with Gasteiger partial charge in [0.15, 0.2) is 6.29 Å². The predicted molar refractivity (Wildman–Crippen MR) is 70.8 cm³/mol. The lowest BCUT2D eigenvalue weighted by molar-refractivity contribution is 0.112. The molecule has 0 aliphatic rings.